The number of hydrogen-bond donors (Lipinski definition) is 2. The lowest BCUT2D eigenvalue weighted by Gasteiger charge is -2.14. The molecular formula is C23H20F2N6O. The average molecular weight is 434 g/mol. The number of aromatic nitrogens is 5. The third-order valence-electron chi connectivity index (χ3n) is 4.82. The van der Waals surface area contributed by atoms with Gasteiger partial charge in [-0.2, -0.15) is 0 Å². The number of benzene rings is 1. The van der Waals surface area contributed by atoms with Crippen molar-refractivity contribution in [2.24, 2.45) is 5.92 Å². The van der Waals surface area contributed by atoms with Gasteiger partial charge >= 0.3 is 0 Å². The molecule has 0 radical (unpaired) electrons. The molecule has 1 unspecified atom stereocenters. The standard InChI is InChI=1S/C23H20F2N6O/c1-13(2)22(32)19-8-7-14(11-27-19)28-23-29-20(15-5-3-4-6-17(15)24)21(30-31-23)16-9-10-26-12-18(16)25/h3-13,22,32H,1-2H3,(H,28,29,31). The SMILES string of the molecule is CC(C)C(O)c1ccc(Nc2nnc(-c3ccncc3F)c(-c3ccccc3F)n2)cn1. The van der Waals surface area contributed by atoms with Crippen molar-refractivity contribution < 1.29 is 13.9 Å². The molecule has 1 aromatic carbocycles. The number of aliphatic hydroxyl groups excluding tert-OH is 1. The molecule has 0 bridgehead atoms. The van der Waals surface area contributed by atoms with Crippen molar-refractivity contribution in [3.05, 3.63) is 78.4 Å². The second kappa shape index (κ2) is 9.11. The molecule has 0 aliphatic heterocycles. The number of pyridine rings is 2. The van der Waals surface area contributed by atoms with E-state index >= 15 is 0 Å². The molecule has 4 rings (SSSR count). The molecule has 0 amide bonds. The second-order valence-electron chi connectivity index (χ2n) is 7.45. The highest BCUT2D eigenvalue weighted by Crippen LogP contribution is 2.32. The highest BCUT2D eigenvalue weighted by Gasteiger charge is 2.19. The molecule has 0 aliphatic rings. The Morgan fingerprint density at radius 3 is 2.34 bits per heavy atom. The fourth-order valence-corrected chi connectivity index (χ4v) is 3.09. The van der Waals surface area contributed by atoms with E-state index in [2.05, 4.69) is 30.5 Å². The number of hydrogen-bond acceptors (Lipinski definition) is 7. The Balaban J connectivity index is 1.73. The molecule has 2 N–H and O–H groups in total. The zero-order valence-electron chi connectivity index (χ0n) is 17.4. The molecule has 0 aliphatic carbocycles. The fraction of sp³-hybridized carbons (Fsp3) is 0.174. The van der Waals surface area contributed by atoms with Gasteiger partial charge in [0.1, 0.15) is 17.2 Å². The predicted octanol–water partition coefficient (Wildman–Crippen LogP) is 4.71. The van der Waals surface area contributed by atoms with E-state index in [0.29, 0.717) is 11.4 Å². The minimum absolute atomic E-state index is 0.0262. The highest BCUT2D eigenvalue weighted by molar-refractivity contribution is 5.78. The number of halogens is 2. The third-order valence-corrected chi connectivity index (χ3v) is 4.82. The Hall–Kier alpha value is -3.85. The van der Waals surface area contributed by atoms with Crippen LogP contribution in [0.5, 0.6) is 0 Å². The van der Waals surface area contributed by atoms with E-state index in [1.54, 1.807) is 24.3 Å². The Morgan fingerprint density at radius 1 is 0.875 bits per heavy atom. The fourth-order valence-electron chi connectivity index (χ4n) is 3.09. The van der Waals surface area contributed by atoms with Gasteiger partial charge in [0, 0.05) is 17.3 Å². The molecule has 3 aromatic heterocycles. The maximum absolute atomic E-state index is 14.6. The summed E-state index contributed by atoms with van der Waals surface area (Å²) in [6, 6.07) is 10.9. The molecule has 0 fully saturated rings. The minimum atomic E-state index is -0.677. The van der Waals surface area contributed by atoms with Crippen LogP contribution in [0.15, 0.2) is 61.1 Å². The Bertz CT molecular complexity index is 1230. The first-order valence-electron chi connectivity index (χ1n) is 9.94. The molecule has 0 saturated heterocycles. The second-order valence-corrected chi connectivity index (χ2v) is 7.45. The van der Waals surface area contributed by atoms with Gasteiger partial charge in [-0.3, -0.25) is 9.97 Å². The number of nitrogens with one attached hydrogen (secondary N) is 1. The van der Waals surface area contributed by atoms with Gasteiger partial charge in [0.05, 0.1) is 29.9 Å². The monoisotopic (exact) mass is 434 g/mol. The number of aliphatic hydroxyl groups is 1. The van der Waals surface area contributed by atoms with Crippen LogP contribution in [0.2, 0.25) is 0 Å². The molecule has 3 heterocycles. The largest absolute Gasteiger partial charge is 0.387 e. The topological polar surface area (TPSA) is 96.7 Å². The smallest absolute Gasteiger partial charge is 0.247 e. The van der Waals surface area contributed by atoms with Crippen LogP contribution in [0.4, 0.5) is 20.4 Å². The Morgan fingerprint density at radius 2 is 1.66 bits per heavy atom. The van der Waals surface area contributed by atoms with Crippen LogP contribution >= 0.6 is 0 Å². The molecule has 1 atom stereocenters. The lowest BCUT2D eigenvalue weighted by molar-refractivity contribution is 0.122. The van der Waals surface area contributed by atoms with E-state index in [-0.39, 0.29) is 34.4 Å². The van der Waals surface area contributed by atoms with Gasteiger partial charge in [-0.05, 0) is 36.2 Å². The molecule has 32 heavy (non-hydrogen) atoms. The van der Waals surface area contributed by atoms with Crippen molar-refractivity contribution in [2.45, 2.75) is 20.0 Å². The molecule has 4 aromatic rings. The van der Waals surface area contributed by atoms with Crippen LogP contribution in [-0.2, 0) is 0 Å². The van der Waals surface area contributed by atoms with Crippen molar-refractivity contribution in [1.82, 2.24) is 25.1 Å². The van der Waals surface area contributed by atoms with Crippen LogP contribution in [0, 0.1) is 17.6 Å². The van der Waals surface area contributed by atoms with Crippen molar-refractivity contribution in [3.8, 4) is 22.5 Å². The lowest BCUT2D eigenvalue weighted by Crippen LogP contribution is -2.08. The summed E-state index contributed by atoms with van der Waals surface area (Å²) in [6.07, 6.45) is 3.32. The quantitative estimate of drug-likeness (QED) is 0.454. The van der Waals surface area contributed by atoms with Crippen LogP contribution in [-0.4, -0.2) is 30.3 Å². The first-order valence-corrected chi connectivity index (χ1v) is 9.94. The zero-order valence-corrected chi connectivity index (χ0v) is 17.4. The highest BCUT2D eigenvalue weighted by atomic mass is 19.1. The van der Waals surface area contributed by atoms with E-state index in [0.717, 1.165) is 6.20 Å². The molecule has 0 spiro atoms. The summed E-state index contributed by atoms with van der Waals surface area (Å²) in [5.41, 5.74) is 1.58. The maximum Gasteiger partial charge on any atom is 0.247 e. The van der Waals surface area contributed by atoms with E-state index in [1.165, 1.54) is 30.6 Å². The summed E-state index contributed by atoms with van der Waals surface area (Å²) < 4.78 is 28.9. The van der Waals surface area contributed by atoms with Gasteiger partial charge in [0.2, 0.25) is 5.95 Å². The Kier molecular flexibility index (Phi) is 6.09. The van der Waals surface area contributed by atoms with Crippen LogP contribution in [0.1, 0.15) is 25.6 Å². The van der Waals surface area contributed by atoms with Gasteiger partial charge in [0.25, 0.3) is 0 Å². The molecular weight excluding hydrogens is 414 g/mol. The van der Waals surface area contributed by atoms with Gasteiger partial charge in [-0.15, -0.1) is 10.2 Å². The summed E-state index contributed by atoms with van der Waals surface area (Å²) in [5, 5.41) is 21.3. The van der Waals surface area contributed by atoms with Gasteiger partial charge in [-0.1, -0.05) is 26.0 Å². The van der Waals surface area contributed by atoms with Gasteiger partial charge in [0.15, 0.2) is 5.82 Å². The molecule has 0 saturated carbocycles. The molecule has 162 valence electrons. The average Bonchev–Trinajstić information content (AvgIpc) is 2.80. The van der Waals surface area contributed by atoms with E-state index in [9.17, 15) is 13.9 Å². The van der Waals surface area contributed by atoms with Crippen LogP contribution in [0.3, 0.4) is 0 Å². The van der Waals surface area contributed by atoms with Crippen molar-refractivity contribution >= 4 is 11.6 Å². The number of rotatable bonds is 6. The van der Waals surface area contributed by atoms with Crippen LogP contribution in [0.25, 0.3) is 22.5 Å². The summed E-state index contributed by atoms with van der Waals surface area (Å²) in [4.78, 5) is 12.4. The van der Waals surface area contributed by atoms with Crippen molar-refractivity contribution in [1.29, 1.82) is 0 Å². The minimum Gasteiger partial charge on any atom is -0.387 e. The van der Waals surface area contributed by atoms with Gasteiger partial charge < -0.3 is 10.4 Å². The third kappa shape index (κ3) is 4.42. The maximum atomic E-state index is 14.6. The number of anilines is 2. The first kappa shape index (κ1) is 21.4. The van der Waals surface area contributed by atoms with Gasteiger partial charge in [-0.25, -0.2) is 13.8 Å². The van der Waals surface area contributed by atoms with E-state index < -0.39 is 17.7 Å². The molecule has 9 heteroatoms. The van der Waals surface area contributed by atoms with E-state index in [4.69, 9.17) is 0 Å². The van der Waals surface area contributed by atoms with Crippen molar-refractivity contribution in [2.75, 3.05) is 5.32 Å². The number of nitrogens with zero attached hydrogens (tertiary/aromatic N) is 5. The normalized spacial score (nSPS) is 12.1. The summed E-state index contributed by atoms with van der Waals surface area (Å²) >= 11 is 0. The first-order chi connectivity index (χ1) is 15.4. The molecule has 7 nitrogen and oxygen atoms in total. The van der Waals surface area contributed by atoms with E-state index in [1.807, 2.05) is 13.8 Å². The summed E-state index contributed by atoms with van der Waals surface area (Å²) in [6.45, 7) is 3.80. The Labute approximate surface area is 183 Å². The zero-order chi connectivity index (χ0) is 22.7. The predicted molar refractivity (Wildman–Crippen MR) is 116 cm³/mol. The van der Waals surface area contributed by atoms with Crippen molar-refractivity contribution in [3.63, 3.8) is 0 Å². The van der Waals surface area contributed by atoms with Crippen LogP contribution < -0.4 is 5.32 Å². The lowest BCUT2D eigenvalue weighted by atomic mass is 10.0. The summed E-state index contributed by atoms with van der Waals surface area (Å²) in [5.74, 6) is -1.03. The summed E-state index contributed by atoms with van der Waals surface area (Å²) in [7, 11) is 0.